The molecule has 1 aromatic heterocycles. The molecule has 45 heavy (non-hydrogen) atoms. The van der Waals surface area contributed by atoms with E-state index in [1.165, 1.54) is 40.9 Å². The van der Waals surface area contributed by atoms with Gasteiger partial charge in [-0.3, -0.25) is 19.8 Å². The van der Waals surface area contributed by atoms with Crippen LogP contribution < -0.4 is 10.6 Å². The van der Waals surface area contributed by atoms with Crippen molar-refractivity contribution in [2.45, 2.75) is 22.9 Å². The minimum atomic E-state index is -1.25. The van der Waals surface area contributed by atoms with Crippen LogP contribution in [0.25, 0.3) is 0 Å². The van der Waals surface area contributed by atoms with Gasteiger partial charge in [0.1, 0.15) is 36.5 Å². The Hall–Kier alpha value is -3.76. The summed E-state index contributed by atoms with van der Waals surface area (Å²) in [6.07, 6.45) is -0.736. The van der Waals surface area contributed by atoms with E-state index in [0.717, 1.165) is 21.8 Å². The molecule has 234 valence electrons. The van der Waals surface area contributed by atoms with Gasteiger partial charge in [-0.15, -0.1) is 34.9 Å². The third kappa shape index (κ3) is 7.56. The van der Waals surface area contributed by atoms with E-state index in [2.05, 4.69) is 20.8 Å². The van der Waals surface area contributed by atoms with Gasteiger partial charge in [0.15, 0.2) is 10.8 Å². The smallest absolute Gasteiger partial charge is 0.413 e. The van der Waals surface area contributed by atoms with Crippen LogP contribution in [0.15, 0.2) is 75.2 Å². The van der Waals surface area contributed by atoms with Gasteiger partial charge in [-0.1, -0.05) is 58.7 Å². The summed E-state index contributed by atoms with van der Waals surface area (Å²) in [5, 5.41) is 20.8. The van der Waals surface area contributed by atoms with Crippen molar-refractivity contribution in [1.29, 1.82) is 0 Å². The summed E-state index contributed by atoms with van der Waals surface area (Å²) in [4.78, 5) is 61.8. The first-order valence-corrected chi connectivity index (χ1v) is 16.7. The van der Waals surface area contributed by atoms with Gasteiger partial charge in [0.05, 0.1) is 5.02 Å². The summed E-state index contributed by atoms with van der Waals surface area (Å²) < 4.78 is 5.19. The molecule has 17 heteroatoms. The number of β-lactam (4-membered cyclic amide) rings is 1. The van der Waals surface area contributed by atoms with Crippen molar-refractivity contribution in [2.75, 3.05) is 23.9 Å². The number of hydrogen-bond donors (Lipinski definition) is 3. The number of thioether (sulfide) groups is 2. The number of hydrogen-bond acceptors (Lipinski definition) is 11. The second-order valence-corrected chi connectivity index (χ2v) is 13.2. The number of benzene rings is 2. The quantitative estimate of drug-likeness (QED) is 0.106. The lowest BCUT2D eigenvalue weighted by atomic mass is 10.0. The molecule has 2 aliphatic rings. The number of amides is 3. The molecule has 1 saturated heterocycles. The molecule has 1 unspecified atom stereocenters. The Labute approximate surface area is 279 Å². The predicted octanol–water partition coefficient (Wildman–Crippen LogP) is 5.08. The first-order valence-electron chi connectivity index (χ1n) is 13.0. The Morgan fingerprint density at radius 3 is 2.69 bits per heavy atom. The van der Waals surface area contributed by atoms with Crippen molar-refractivity contribution in [3.63, 3.8) is 0 Å². The number of aliphatic carboxylic acids is 1. The Morgan fingerprint density at radius 1 is 1.20 bits per heavy atom. The van der Waals surface area contributed by atoms with E-state index in [-0.39, 0.29) is 34.6 Å². The van der Waals surface area contributed by atoms with E-state index in [1.807, 2.05) is 30.3 Å². The summed E-state index contributed by atoms with van der Waals surface area (Å²) in [5.41, 5.74) is 1.08. The molecule has 3 aromatic rings. The number of carbonyl (C=O) groups excluding carboxylic acids is 3. The van der Waals surface area contributed by atoms with Crippen LogP contribution in [0.1, 0.15) is 11.3 Å². The third-order valence-electron chi connectivity index (χ3n) is 6.40. The van der Waals surface area contributed by atoms with Crippen molar-refractivity contribution in [1.82, 2.24) is 15.2 Å². The average Bonchev–Trinajstić information content (AvgIpc) is 3.48. The molecule has 3 amide bonds. The summed E-state index contributed by atoms with van der Waals surface area (Å²) in [6, 6.07) is 13.1. The first-order chi connectivity index (χ1) is 21.7. The molecule has 1 fully saturated rings. The van der Waals surface area contributed by atoms with Gasteiger partial charge < -0.3 is 20.0 Å². The number of ether oxygens (including phenoxy) is 1. The minimum Gasteiger partial charge on any atom is -0.477 e. The third-order valence-corrected chi connectivity index (χ3v) is 10.3. The van der Waals surface area contributed by atoms with Gasteiger partial charge in [0, 0.05) is 26.8 Å². The number of nitrogens with one attached hydrogen (secondary N) is 2. The number of anilines is 1. The van der Waals surface area contributed by atoms with E-state index in [1.54, 1.807) is 18.2 Å². The highest BCUT2D eigenvalue weighted by molar-refractivity contribution is 8.01. The molecule has 5 rings (SSSR count). The second kappa shape index (κ2) is 14.6. The van der Waals surface area contributed by atoms with Gasteiger partial charge in [0.2, 0.25) is 0 Å². The topological polar surface area (TPSA) is 160 Å². The maximum atomic E-state index is 13.2. The number of carboxylic acid groups (broad SMARTS) is 1. The normalized spacial score (nSPS) is 17.7. The van der Waals surface area contributed by atoms with Crippen LogP contribution in [0.4, 0.5) is 9.93 Å². The number of thiazole rings is 1. The Kier molecular flexibility index (Phi) is 10.6. The molecule has 2 aromatic carbocycles. The molecule has 0 radical (unpaired) electrons. The Bertz CT molecular complexity index is 1700. The number of halogens is 2. The second-order valence-electron chi connectivity index (χ2n) is 9.33. The van der Waals surface area contributed by atoms with Crippen LogP contribution in [0, 0.1) is 0 Å². The number of carboxylic acids is 1. The van der Waals surface area contributed by atoms with Gasteiger partial charge in [0.25, 0.3) is 11.8 Å². The van der Waals surface area contributed by atoms with Gasteiger partial charge in [-0.25, -0.2) is 14.6 Å². The van der Waals surface area contributed by atoms with Crippen molar-refractivity contribution < 1.29 is 33.9 Å². The molecule has 3 heterocycles. The lowest BCUT2D eigenvalue weighted by molar-refractivity contribution is -0.150. The van der Waals surface area contributed by atoms with E-state index < -0.39 is 35.3 Å². The molecule has 0 aliphatic carbocycles. The zero-order chi connectivity index (χ0) is 32.1. The van der Waals surface area contributed by atoms with E-state index in [4.69, 9.17) is 32.8 Å². The fraction of sp³-hybridized carbons (Fsp3) is 0.214. The van der Waals surface area contributed by atoms with Crippen LogP contribution in [-0.4, -0.2) is 74.6 Å². The predicted molar refractivity (Wildman–Crippen MR) is 173 cm³/mol. The van der Waals surface area contributed by atoms with Crippen molar-refractivity contribution in [3.8, 4) is 0 Å². The largest absolute Gasteiger partial charge is 0.477 e. The van der Waals surface area contributed by atoms with Crippen LogP contribution >= 0.6 is 58.1 Å². The zero-order valence-electron chi connectivity index (χ0n) is 23.2. The summed E-state index contributed by atoms with van der Waals surface area (Å²) >= 11 is 15.9. The van der Waals surface area contributed by atoms with Gasteiger partial charge in [-0.2, -0.15) is 0 Å². The van der Waals surface area contributed by atoms with Crippen LogP contribution in [0.3, 0.4) is 0 Å². The summed E-state index contributed by atoms with van der Waals surface area (Å²) in [6.45, 7) is 0.0606. The highest BCUT2D eigenvalue weighted by atomic mass is 35.5. The van der Waals surface area contributed by atoms with Crippen LogP contribution in [0.2, 0.25) is 10.0 Å². The highest BCUT2D eigenvalue weighted by Gasteiger charge is 2.54. The lowest BCUT2D eigenvalue weighted by Crippen LogP contribution is -2.71. The van der Waals surface area contributed by atoms with Crippen molar-refractivity contribution in [3.05, 3.63) is 86.5 Å². The zero-order valence-corrected chi connectivity index (χ0v) is 27.2. The number of nitrogens with zero attached hydrogens (tertiary/aromatic N) is 3. The number of carbonyl (C=O) groups is 4. The summed E-state index contributed by atoms with van der Waals surface area (Å²) in [7, 11) is 1.24. The molecule has 0 bridgehead atoms. The lowest BCUT2D eigenvalue weighted by Gasteiger charge is -2.49. The van der Waals surface area contributed by atoms with E-state index in [0.29, 0.717) is 21.4 Å². The number of oxime groups is 1. The fourth-order valence-corrected chi connectivity index (χ4v) is 8.00. The number of aromatic nitrogens is 1. The summed E-state index contributed by atoms with van der Waals surface area (Å²) in [5.74, 6) is -1.99. The molecule has 2 atom stereocenters. The Balaban J connectivity index is 1.22. The molecule has 12 nitrogen and oxygen atoms in total. The van der Waals surface area contributed by atoms with Crippen molar-refractivity contribution >= 4 is 92.8 Å². The Morgan fingerprint density at radius 2 is 1.98 bits per heavy atom. The van der Waals surface area contributed by atoms with Crippen LogP contribution in [-0.2, 0) is 30.6 Å². The van der Waals surface area contributed by atoms with Gasteiger partial charge in [-0.05, 0) is 29.3 Å². The first kappa shape index (κ1) is 32.6. The van der Waals surface area contributed by atoms with E-state index in [9.17, 15) is 24.3 Å². The standard InChI is InChI=1S/C28H23Cl2N5O7S3/c1-41-34-20(18-13-45-27(31-18)33-28(40)42-10-14-5-3-2-4-6-14)23(36)32-21-24(37)35-22(26(38)39)15(12-44-25(21)35)11-43-19-8-7-16(29)9-17(19)30/h2-9,13,21,25H,10-12H2,1H3,(H,32,36)(H,38,39)(H,31,33,40)/t21?,25-/m1/s1. The molecular weight excluding hydrogens is 685 g/mol. The van der Waals surface area contributed by atoms with E-state index >= 15 is 0 Å². The number of rotatable bonds is 11. The maximum Gasteiger partial charge on any atom is 0.413 e. The average molecular weight is 709 g/mol. The molecule has 2 aliphatic heterocycles. The highest BCUT2D eigenvalue weighted by Crippen LogP contribution is 2.42. The SMILES string of the molecule is CON=C(C(=O)NC1C(=O)N2C(C(=O)O)=C(CSc3ccc(Cl)cc3Cl)CS[C@H]12)c1csc(NC(=O)OCc2ccccc2)n1. The molecule has 0 spiro atoms. The fourth-order valence-electron chi connectivity index (χ4n) is 4.34. The van der Waals surface area contributed by atoms with Gasteiger partial charge >= 0.3 is 12.1 Å². The van der Waals surface area contributed by atoms with Crippen LogP contribution in [0.5, 0.6) is 0 Å². The number of fused-ring (bicyclic) bond motifs is 1. The molecule has 0 saturated carbocycles. The van der Waals surface area contributed by atoms with Crippen molar-refractivity contribution in [2.24, 2.45) is 5.16 Å². The minimum absolute atomic E-state index is 0.0606. The molecular formula is C28H23Cl2N5O7S3. The molecule has 3 N–H and O–H groups in total. The monoisotopic (exact) mass is 707 g/mol. The maximum absolute atomic E-state index is 13.2.